The second-order valence-electron chi connectivity index (χ2n) is 4.97. The van der Waals surface area contributed by atoms with Crippen molar-refractivity contribution in [2.45, 2.75) is 31.2 Å². The molecule has 1 aromatic rings. The van der Waals surface area contributed by atoms with Crippen molar-refractivity contribution in [3.8, 4) is 0 Å². The summed E-state index contributed by atoms with van der Waals surface area (Å²) >= 11 is 3.43. The maximum atomic E-state index is 11.8. The lowest BCUT2D eigenvalue weighted by Crippen LogP contribution is -2.42. The minimum Gasteiger partial charge on any atom is -0.481 e. The van der Waals surface area contributed by atoms with Crippen molar-refractivity contribution in [2.75, 3.05) is 6.54 Å². The predicted molar refractivity (Wildman–Crippen MR) is 78.5 cm³/mol. The molecule has 0 saturated heterocycles. The molecule has 0 atom stereocenters. The molecule has 0 aromatic heterocycles. The van der Waals surface area contributed by atoms with E-state index in [1.807, 2.05) is 24.3 Å². The molecule has 0 aliphatic heterocycles. The zero-order chi connectivity index (χ0) is 14.6. The molecule has 0 spiro atoms. The van der Waals surface area contributed by atoms with Gasteiger partial charge in [0.05, 0.1) is 5.54 Å². The van der Waals surface area contributed by atoms with Gasteiger partial charge in [-0.3, -0.25) is 4.79 Å². The number of benzene rings is 1. The van der Waals surface area contributed by atoms with Crippen LogP contribution in [0.3, 0.4) is 0 Å². The first-order valence-corrected chi connectivity index (χ1v) is 7.35. The molecule has 2 rings (SSSR count). The lowest BCUT2D eigenvalue weighted by Gasteiger charge is -2.18. The first-order valence-electron chi connectivity index (χ1n) is 6.56. The molecule has 1 aromatic carbocycles. The molecule has 6 heteroatoms. The van der Waals surface area contributed by atoms with Crippen molar-refractivity contribution in [3.63, 3.8) is 0 Å². The summed E-state index contributed by atoms with van der Waals surface area (Å²) in [5, 5.41) is 14.2. The van der Waals surface area contributed by atoms with Crippen molar-refractivity contribution in [1.29, 1.82) is 0 Å². The highest BCUT2D eigenvalue weighted by atomic mass is 79.9. The topological polar surface area (TPSA) is 78.4 Å². The number of nitrogens with one attached hydrogen (secondary N) is 2. The van der Waals surface area contributed by atoms with Crippen LogP contribution in [-0.4, -0.2) is 23.7 Å². The summed E-state index contributed by atoms with van der Waals surface area (Å²) in [6, 6.07) is 7.67. The largest absolute Gasteiger partial charge is 0.481 e. The maximum Gasteiger partial charge on any atom is 0.315 e. The molecule has 2 amide bonds. The molecule has 1 aliphatic rings. The van der Waals surface area contributed by atoms with E-state index in [9.17, 15) is 9.59 Å². The first-order chi connectivity index (χ1) is 9.52. The molecular formula is C14H17BrN2O3. The maximum absolute atomic E-state index is 11.8. The van der Waals surface area contributed by atoms with Crippen LogP contribution in [0.15, 0.2) is 28.7 Å². The van der Waals surface area contributed by atoms with E-state index in [1.54, 1.807) is 0 Å². The van der Waals surface area contributed by atoms with Gasteiger partial charge >= 0.3 is 12.0 Å². The minimum absolute atomic E-state index is 0.0665. The standard InChI is InChI=1S/C14H17BrN2O3/c15-11-4-1-3-10(9-11)14(6-7-14)17-13(20)16-8-2-5-12(18)19/h1,3-4,9H,2,5-8H2,(H,18,19)(H2,16,17,20). The zero-order valence-corrected chi connectivity index (χ0v) is 12.6. The molecule has 108 valence electrons. The van der Waals surface area contributed by atoms with Crippen LogP contribution in [0.1, 0.15) is 31.2 Å². The van der Waals surface area contributed by atoms with Crippen LogP contribution in [0.5, 0.6) is 0 Å². The Hall–Kier alpha value is -1.56. The first kappa shape index (κ1) is 14.8. The van der Waals surface area contributed by atoms with Crippen LogP contribution >= 0.6 is 15.9 Å². The third-order valence-electron chi connectivity index (χ3n) is 3.33. The van der Waals surface area contributed by atoms with Gasteiger partial charge in [0, 0.05) is 17.4 Å². The Morgan fingerprint density at radius 3 is 2.70 bits per heavy atom. The summed E-state index contributed by atoms with van der Waals surface area (Å²) in [7, 11) is 0. The van der Waals surface area contributed by atoms with Crippen molar-refractivity contribution < 1.29 is 14.7 Å². The monoisotopic (exact) mass is 340 g/mol. The fraction of sp³-hybridized carbons (Fsp3) is 0.429. The number of hydrogen-bond donors (Lipinski definition) is 3. The van der Waals surface area contributed by atoms with Gasteiger partial charge in [-0.2, -0.15) is 0 Å². The number of halogens is 1. The summed E-state index contributed by atoms with van der Waals surface area (Å²) in [4.78, 5) is 22.2. The highest BCUT2D eigenvalue weighted by molar-refractivity contribution is 9.10. The Kier molecular flexibility index (Phi) is 4.65. The third-order valence-corrected chi connectivity index (χ3v) is 3.83. The molecule has 5 nitrogen and oxygen atoms in total. The van der Waals surface area contributed by atoms with E-state index in [0.29, 0.717) is 13.0 Å². The molecule has 1 saturated carbocycles. The van der Waals surface area contributed by atoms with Crippen molar-refractivity contribution in [1.82, 2.24) is 10.6 Å². The van der Waals surface area contributed by atoms with Crippen molar-refractivity contribution in [2.24, 2.45) is 0 Å². The number of aliphatic carboxylic acids is 1. The van der Waals surface area contributed by atoms with Crippen LogP contribution in [0, 0.1) is 0 Å². The summed E-state index contributed by atoms with van der Waals surface area (Å²) < 4.78 is 0.991. The predicted octanol–water partition coefficient (Wildman–Crippen LogP) is 2.60. The van der Waals surface area contributed by atoms with Gasteiger partial charge in [-0.25, -0.2) is 4.79 Å². The number of urea groups is 1. The van der Waals surface area contributed by atoms with E-state index >= 15 is 0 Å². The molecule has 3 N–H and O–H groups in total. The Morgan fingerprint density at radius 2 is 2.10 bits per heavy atom. The van der Waals surface area contributed by atoms with Gasteiger partial charge in [0.2, 0.25) is 0 Å². The average Bonchev–Trinajstić information content (AvgIpc) is 3.15. The lowest BCUT2D eigenvalue weighted by molar-refractivity contribution is -0.137. The van der Waals surface area contributed by atoms with Gasteiger partial charge in [0.1, 0.15) is 0 Å². The number of carbonyl (C=O) groups is 2. The van der Waals surface area contributed by atoms with E-state index in [1.165, 1.54) is 0 Å². The highest BCUT2D eigenvalue weighted by Crippen LogP contribution is 2.45. The molecule has 1 fully saturated rings. The van der Waals surface area contributed by atoms with E-state index in [0.717, 1.165) is 22.9 Å². The Morgan fingerprint density at radius 1 is 1.35 bits per heavy atom. The number of hydrogen-bond acceptors (Lipinski definition) is 2. The Balaban J connectivity index is 1.83. The van der Waals surface area contributed by atoms with Gasteiger partial charge in [0.15, 0.2) is 0 Å². The summed E-state index contributed by atoms with van der Waals surface area (Å²) in [5.41, 5.74) is 0.827. The quantitative estimate of drug-likeness (QED) is 0.696. The van der Waals surface area contributed by atoms with Crippen LogP contribution in [0.2, 0.25) is 0 Å². The fourth-order valence-corrected chi connectivity index (χ4v) is 2.50. The number of amides is 2. The molecule has 1 aliphatic carbocycles. The summed E-state index contributed by atoms with van der Waals surface area (Å²) in [6.45, 7) is 0.368. The highest BCUT2D eigenvalue weighted by Gasteiger charge is 2.45. The average molecular weight is 341 g/mol. The van der Waals surface area contributed by atoms with Gasteiger partial charge in [-0.1, -0.05) is 28.1 Å². The van der Waals surface area contributed by atoms with Gasteiger partial charge in [-0.15, -0.1) is 0 Å². The molecule has 0 unspecified atom stereocenters. The lowest BCUT2D eigenvalue weighted by atomic mass is 10.1. The van der Waals surface area contributed by atoms with Gasteiger partial charge < -0.3 is 15.7 Å². The fourth-order valence-electron chi connectivity index (χ4n) is 2.10. The second-order valence-corrected chi connectivity index (χ2v) is 5.89. The number of carboxylic acid groups (broad SMARTS) is 1. The normalized spacial score (nSPS) is 15.4. The SMILES string of the molecule is O=C(O)CCCNC(=O)NC1(c2cccc(Br)c2)CC1. The van der Waals surface area contributed by atoms with E-state index in [-0.39, 0.29) is 18.0 Å². The van der Waals surface area contributed by atoms with Gasteiger partial charge in [-0.05, 0) is 37.0 Å². The molecule has 0 heterocycles. The van der Waals surface area contributed by atoms with E-state index in [2.05, 4.69) is 26.6 Å². The summed E-state index contributed by atoms with van der Waals surface area (Å²) in [6.07, 6.45) is 2.35. The van der Waals surface area contributed by atoms with Crippen LogP contribution < -0.4 is 10.6 Å². The van der Waals surface area contributed by atoms with Crippen LogP contribution in [0.4, 0.5) is 4.79 Å². The third kappa shape index (κ3) is 3.96. The zero-order valence-electron chi connectivity index (χ0n) is 11.0. The van der Waals surface area contributed by atoms with E-state index < -0.39 is 5.97 Å². The Labute approximate surface area is 125 Å². The number of carbonyl (C=O) groups excluding carboxylic acids is 1. The summed E-state index contributed by atoms with van der Waals surface area (Å²) in [5.74, 6) is -0.847. The minimum atomic E-state index is -0.847. The molecule has 0 radical (unpaired) electrons. The molecule has 0 bridgehead atoms. The Bertz CT molecular complexity index is 515. The molecular weight excluding hydrogens is 324 g/mol. The van der Waals surface area contributed by atoms with Crippen LogP contribution in [-0.2, 0) is 10.3 Å². The smallest absolute Gasteiger partial charge is 0.315 e. The van der Waals surface area contributed by atoms with Crippen LogP contribution in [0.25, 0.3) is 0 Å². The second kappa shape index (κ2) is 6.26. The van der Waals surface area contributed by atoms with E-state index in [4.69, 9.17) is 5.11 Å². The molecule has 20 heavy (non-hydrogen) atoms. The number of carboxylic acids is 1. The number of rotatable bonds is 6. The van der Waals surface area contributed by atoms with Crippen molar-refractivity contribution in [3.05, 3.63) is 34.3 Å². The van der Waals surface area contributed by atoms with Crippen molar-refractivity contribution >= 4 is 27.9 Å². The van der Waals surface area contributed by atoms with Gasteiger partial charge in [0.25, 0.3) is 0 Å².